The van der Waals surface area contributed by atoms with Crippen molar-refractivity contribution in [3.8, 4) is 0 Å². The van der Waals surface area contributed by atoms with E-state index in [2.05, 4.69) is 40.5 Å². The van der Waals surface area contributed by atoms with Crippen LogP contribution in [0.2, 0.25) is 0 Å². The molecule has 0 saturated heterocycles. The summed E-state index contributed by atoms with van der Waals surface area (Å²) in [7, 11) is 0. The quantitative estimate of drug-likeness (QED) is 0.735. The Morgan fingerprint density at radius 2 is 2.14 bits per heavy atom. The van der Waals surface area contributed by atoms with Crippen molar-refractivity contribution in [2.45, 2.75) is 65.3 Å². The van der Waals surface area contributed by atoms with Gasteiger partial charge in [-0.3, -0.25) is 0 Å². The van der Waals surface area contributed by atoms with Crippen LogP contribution in [0.15, 0.2) is 17.7 Å². The molecule has 2 rings (SSSR count). The van der Waals surface area contributed by atoms with E-state index in [0.717, 1.165) is 36.8 Å². The lowest BCUT2D eigenvalue weighted by molar-refractivity contribution is 0.679. The first-order valence-corrected chi connectivity index (χ1v) is 8.21. The first-order chi connectivity index (χ1) is 10.2. The van der Waals surface area contributed by atoms with Gasteiger partial charge in [-0.15, -0.1) is 0 Å². The molecular weight excluding hydrogens is 260 g/mol. The zero-order valence-corrected chi connectivity index (χ0v) is 13.6. The van der Waals surface area contributed by atoms with Crippen LogP contribution in [0.4, 0.5) is 11.8 Å². The van der Waals surface area contributed by atoms with E-state index in [-0.39, 0.29) is 0 Å². The maximum Gasteiger partial charge on any atom is 0.224 e. The third kappa shape index (κ3) is 5.37. The van der Waals surface area contributed by atoms with Crippen LogP contribution >= 0.6 is 0 Å². The van der Waals surface area contributed by atoms with Crippen LogP contribution < -0.4 is 10.6 Å². The molecule has 0 spiro atoms. The van der Waals surface area contributed by atoms with E-state index in [1.807, 2.05) is 13.0 Å². The van der Waals surface area contributed by atoms with Gasteiger partial charge in [-0.05, 0) is 52.4 Å². The Morgan fingerprint density at radius 3 is 2.86 bits per heavy atom. The highest BCUT2D eigenvalue weighted by Crippen LogP contribution is 2.20. The van der Waals surface area contributed by atoms with Gasteiger partial charge in [0.05, 0.1) is 0 Å². The van der Waals surface area contributed by atoms with Gasteiger partial charge >= 0.3 is 0 Å². The van der Waals surface area contributed by atoms with Gasteiger partial charge in [0.2, 0.25) is 5.95 Å². The highest BCUT2D eigenvalue weighted by molar-refractivity contribution is 5.42. The van der Waals surface area contributed by atoms with Gasteiger partial charge in [0, 0.05) is 24.3 Å². The number of aryl methyl sites for hydroxylation is 1. The van der Waals surface area contributed by atoms with Gasteiger partial charge < -0.3 is 10.6 Å². The molecule has 0 bridgehead atoms. The molecule has 1 aromatic rings. The molecule has 0 saturated carbocycles. The smallest absolute Gasteiger partial charge is 0.224 e. The number of anilines is 2. The maximum absolute atomic E-state index is 4.55. The predicted molar refractivity (Wildman–Crippen MR) is 89.8 cm³/mol. The van der Waals surface area contributed by atoms with Crippen LogP contribution in [0.25, 0.3) is 0 Å². The standard InChI is InChI=1S/C17H28N4/c1-4-13(2)19-16-12-14(3)20-17(21-16)18-11-10-15-8-6-5-7-9-15/h8,12-13H,4-7,9-11H2,1-3H3,(H2,18,19,20,21). The van der Waals surface area contributed by atoms with E-state index < -0.39 is 0 Å². The third-order valence-electron chi connectivity index (χ3n) is 3.98. The van der Waals surface area contributed by atoms with E-state index in [1.165, 1.54) is 25.7 Å². The SMILES string of the molecule is CCC(C)Nc1cc(C)nc(NCCC2=CCCCC2)n1. The van der Waals surface area contributed by atoms with Crippen LogP contribution in [-0.4, -0.2) is 22.6 Å². The molecule has 1 aliphatic carbocycles. The van der Waals surface area contributed by atoms with E-state index in [4.69, 9.17) is 0 Å². The first kappa shape index (κ1) is 15.8. The summed E-state index contributed by atoms with van der Waals surface area (Å²) in [5, 5.41) is 6.77. The molecule has 4 heteroatoms. The second-order valence-corrected chi connectivity index (χ2v) is 5.96. The molecule has 0 fully saturated rings. The zero-order valence-electron chi connectivity index (χ0n) is 13.6. The van der Waals surface area contributed by atoms with Gasteiger partial charge in [-0.2, -0.15) is 4.98 Å². The van der Waals surface area contributed by atoms with Crippen LogP contribution in [0.1, 0.15) is 58.1 Å². The number of nitrogens with zero attached hydrogens (tertiary/aromatic N) is 2. The number of aromatic nitrogens is 2. The molecule has 1 aromatic heterocycles. The summed E-state index contributed by atoms with van der Waals surface area (Å²) in [5.74, 6) is 1.65. The molecular formula is C17H28N4. The van der Waals surface area contributed by atoms with Gasteiger partial charge in [-0.25, -0.2) is 4.98 Å². The van der Waals surface area contributed by atoms with Crippen LogP contribution in [-0.2, 0) is 0 Å². The van der Waals surface area contributed by atoms with Crippen LogP contribution in [0, 0.1) is 6.92 Å². The fourth-order valence-corrected chi connectivity index (χ4v) is 2.54. The van der Waals surface area contributed by atoms with Gasteiger partial charge in [0.15, 0.2) is 0 Å². The van der Waals surface area contributed by atoms with Crippen molar-refractivity contribution in [3.63, 3.8) is 0 Å². The van der Waals surface area contributed by atoms with Gasteiger partial charge in [0.25, 0.3) is 0 Å². The minimum atomic E-state index is 0.430. The van der Waals surface area contributed by atoms with Crippen molar-refractivity contribution in [1.82, 2.24) is 9.97 Å². The van der Waals surface area contributed by atoms with E-state index >= 15 is 0 Å². The van der Waals surface area contributed by atoms with Gasteiger partial charge in [0.1, 0.15) is 5.82 Å². The molecule has 1 aliphatic rings. The fourth-order valence-electron chi connectivity index (χ4n) is 2.54. The van der Waals surface area contributed by atoms with Crippen molar-refractivity contribution in [2.75, 3.05) is 17.2 Å². The van der Waals surface area contributed by atoms with E-state index in [1.54, 1.807) is 5.57 Å². The summed E-state index contributed by atoms with van der Waals surface area (Å²) in [5.41, 5.74) is 2.58. The predicted octanol–water partition coefficient (Wildman–Crippen LogP) is 4.30. The molecule has 2 N–H and O–H groups in total. The number of nitrogens with one attached hydrogen (secondary N) is 2. The van der Waals surface area contributed by atoms with Gasteiger partial charge in [-0.1, -0.05) is 18.6 Å². The largest absolute Gasteiger partial charge is 0.367 e. The Hall–Kier alpha value is -1.58. The van der Waals surface area contributed by atoms with Crippen molar-refractivity contribution < 1.29 is 0 Å². The summed E-state index contributed by atoms with van der Waals surface area (Å²) < 4.78 is 0. The van der Waals surface area contributed by atoms with Crippen molar-refractivity contribution in [1.29, 1.82) is 0 Å². The third-order valence-corrected chi connectivity index (χ3v) is 3.98. The Morgan fingerprint density at radius 1 is 1.29 bits per heavy atom. The number of hydrogen-bond acceptors (Lipinski definition) is 4. The lowest BCUT2D eigenvalue weighted by Crippen LogP contribution is -2.16. The van der Waals surface area contributed by atoms with Crippen LogP contribution in [0.3, 0.4) is 0 Å². The summed E-state index contributed by atoms with van der Waals surface area (Å²) in [6, 6.07) is 2.43. The molecule has 1 heterocycles. The lowest BCUT2D eigenvalue weighted by Gasteiger charge is -2.15. The summed E-state index contributed by atoms with van der Waals surface area (Å²) >= 11 is 0. The molecule has 4 nitrogen and oxygen atoms in total. The summed E-state index contributed by atoms with van der Waals surface area (Å²) in [6.45, 7) is 7.26. The molecule has 21 heavy (non-hydrogen) atoms. The van der Waals surface area contributed by atoms with Crippen LogP contribution in [0.5, 0.6) is 0 Å². The minimum Gasteiger partial charge on any atom is -0.367 e. The Labute approximate surface area is 128 Å². The zero-order chi connectivity index (χ0) is 15.1. The Kier molecular flexibility index (Phi) is 6.03. The van der Waals surface area contributed by atoms with E-state index in [0.29, 0.717) is 6.04 Å². The monoisotopic (exact) mass is 288 g/mol. The minimum absolute atomic E-state index is 0.430. The second-order valence-electron chi connectivity index (χ2n) is 5.96. The number of allylic oxidation sites excluding steroid dienone is 1. The topological polar surface area (TPSA) is 49.8 Å². The molecule has 0 aromatic carbocycles. The Bertz CT molecular complexity index is 482. The van der Waals surface area contributed by atoms with Crippen molar-refractivity contribution >= 4 is 11.8 Å². The fraction of sp³-hybridized carbons (Fsp3) is 0.647. The summed E-state index contributed by atoms with van der Waals surface area (Å²) in [6.07, 6.45) is 9.79. The summed E-state index contributed by atoms with van der Waals surface area (Å²) in [4.78, 5) is 9.02. The number of hydrogen-bond donors (Lipinski definition) is 2. The molecule has 116 valence electrons. The lowest BCUT2D eigenvalue weighted by atomic mass is 9.97. The number of rotatable bonds is 7. The molecule has 1 unspecified atom stereocenters. The average molecular weight is 288 g/mol. The van der Waals surface area contributed by atoms with Crippen molar-refractivity contribution in [3.05, 3.63) is 23.4 Å². The molecule has 0 amide bonds. The Balaban J connectivity index is 1.88. The molecule has 1 atom stereocenters. The molecule has 0 radical (unpaired) electrons. The molecule has 0 aliphatic heterocycles. The van der Waals surface area contributed by atoms with E-state index in [9.17, 15) is 0 Å². The second kappa shape index (κ2) is 8.01. The average Bonchev–Trinajstić information content (AvgIpc) is 2.47. The first-order valence-electron chi connectivity index (χ1n) is 8.21. The normalized spacial score (nSPS) is 16.2. The maximum atomic E-state index is 4.55. The highest BCUT2D eigenvalue weighted by Gasteiger charge is 2.06. The highest BCUT2D eigenvalue weighted by atomic mass is 15.1. The van der Waals surface area contributed by atoms with Crippen molar-refractivity contribution in [2.24, 2.45) is 0 Å².